The summed E-state index contributed by atoms with van der Waals surface area (Å²) in [6.45, 7) is 6.86. The Morgan fingerprint density at radius 1 is 1.13 bits per heavy atom. The highest BCUT2D eigenvalue weighted by molar-refractivity contribution is 5.81. The van der Waals surface area contributed by atoms with Gasteiger partial charge in [0.1, 0.15) is 0 Å². The number of hydrogen-bond donors (Lipinski definition) is 3. The lowest BCUT2D eigenvalue weighted by Gasteiger charge is -2.30. The number of aromatic nitrogens is 2. The van der Waals surface area contributed by atoms with E-state index >= 15 is 0 Å². The minimum atomic E-state index is -0.495. The number of benzene rings is 2. The van der Waals surface area contributed by atoms with Crippen LogP contribution in [0.4, 0.5) is 0 Å². The number of hydrogen-bond acceptors (Lipinski definition) is 3. The van der Waals surface area contributed by atoms with Gasteiger partial charge in [0.05, 0.1) is 23.4 Å². The highest BCUT2D eigenvalue weighted by atomic mass is 16.3. The zero-order chi connectivity index (χ0) is 16.4. The van der Waals surface area contributed by atoms with E-state index in [1.165, 1.54) is 11.1 Å². The molecular formula is C19H23N3O. The molecule has 1 unspecified atom stereocenters. The van der Waals surface area contributed by atoms with Crippen molar-refractivity contribution in [3.63, 3.8) is 0 Å². The molecule has 3 aromatic rings. The third kappa shape index (κ3) is 3.00. The number of aryl methyl sites for hydroxylation is 2. The molecule has 0 aliphatic carbocycles. The second-order valence-electron chi connectivity index (χ2n) is 6.36. The summed E-state index contributed by atoms with van der Waals surface area (Å²) in [4.78, 5) is 0. The lowest BCUT2D eigenvalue weighted by Crippen LogP contribution is -2.42. The first-order valence-corrected chi connectivity index (χ1v) is 7.89. The van der Waals surface area contributed by atoms with E-state index in [0.717, 1.165) is 22.2 Å². The fourth-order valence-corrected chi connectivity index (χ4v) is 2.77. The number of aliphatic hydroxyl groups is 1. The summed E-state index contributed by atoms with van der Waals surface area (Å²) in [5.41, 5.74) is 5.08. The highest BCUT2D eigenvalue weighted by Crippen LogP contribution is 2.24. The van der Waals surface area contributed by atoms with Crippen molar-refractivity contribution >= 4 is 10.9 Å². The Labute approximate surface area is 136 Å². The van der Waals surface area contributed by atoms with Crippen LogP contribution in [0.5, 0.6) is 0 Å². The van der Waals surface area contributed by atoms with E-state index in [4.69, 9.17) is 0 Å². The monoisotopic (exact) mass is 309 g/mol. The maximum atomic E-state index is 9.95. The number of aromatic amines is 1. The smallest absolute Gasteiger partial charge is 0.0924 e. The van der Waals surface area contributed by atoms with Crippen molar-refractivity contribution in [2.45, 2.75) is 32.9 Å². The van der Waals surface area contributed by atoms with Gasteiger partial charge in [-0.15, -0.1) is 0 Å². The third-order valence-electron chi connectivity index (χ3n) is 4.66. The first-order chi connectivity index (χ1) is 11.0. The Kier molecular flexibility index (Phi) is 4.20. The standard InChI is InChI=1S/C19H23N3O/c1-13-8-9-15(10-14(13)2)19(3,12-23)20-11-18-16-6-4-5-7-17(16)21-22-18/h4-10,20,23H,11-12H2,1-3H3,(H,21,22). The molecule has 3 rings (SSSR count). The third-order valence-corrected chi connectivity index (χ3v) is 4.66. The highest BCUT2D eigenvalue weighted by Gasteiger charge is 2.26. The van der Waals surface area contributed by atoms with Crippen LogP contribution >= 0.6 is 0 Å². The van der Waals surface area contributed by atoms with Crippen molar-refractivity contribution in [3.05, 3.63) is 64.8 Å². The quantitative estimate of drug-likeness (QED) is 0.678. The second kappa shape index (κ2) is 6.14. The SMILES string of the molecule is Cc1ccc(C(C)(CO)NCc2[nH]nc3ccccc23)cc1C. The van der Waals surface area contributed by atoms with Crippen molar-refractivity contribution < 1.29 is 5.11 Å². The van der Waals surface area contributed by atoms with Crippen LogP contribution in [-0.4, -0.2) is 21.9 Å². The lowest BCUT2D eigenvalue weighted by molar-refractivity contribution is 0.173. The molecule has 0 bridgehead atoms. The summed E-state index contributed by atoms with van der Waals surface area (Å²) in [7, 11) is 0. The van der Waals surface area contributed by atoms with E-state index in [-0.39, 0.29) is 6.61 Å². The molecule has 4 heteroatoms. The maximum Gasteiger partial charge on any atom is 0.0924 e. The van der Waals surface area contributed by atoms with Crippen LogP contribution in [-0.2, 0) is 12.1 Å². The largest absolute Gasteiger partial charge is 0.394 e. The van der Waals surface area contributed by atoms with Crippen molar-refractivity contribution in [2.24, 2.45) is 0 Å². The zero-order valence-corrected chi connectivity index (χ0v) is 13.9. The number of rotatable bonds is 5. The fraction of sp³-hybridized carbons (Fsp3) is 0.316. The van der Waals surface area contributed by atoms with Crippen LogP contribution in [0.15, 0.2) is 42.5 Å². The summed E-state index contributed by atoms with van der Waals surface area (Å²) in [5.74, 6) is 0. The average molecular weight is 309 g/mol. The topological polar surface area (TPSA) is 60.9 Å². The molecule has 0 saturated heterocycles. The predicted octanol–water partition coefficient (Wildman–Crippen LogP) is 3.18. The zero-order valence-electron chi connectivity index (χ0n) is 13.9. The maximum absolute atomic E-state index is 9.95. The van der Waals surface area contributed by atoms with E-state index in [9.17, 15) is 5.11 Å². The molecule has 2 aromatic carbocycles. The van der Waals surface area contributed by atoms with Gasteiger partial charge in [-0.3, -0.25) is 5.10 Å². The van der Waals surface area contributed by atoms with Crippen molar-refractivity contribution in [1.29, 1.82) is 0 Å². The van der Waals surface area contributed by atoms with Crippen molar-refractivity contribution in [2.75, 3.05) is 6.61 Å². The molecule has 4 nitrogen and oxygen atoms in total. The Bertz CT molecular complexity index is 824. The molecule has 1 heterocycles. The van der Waals surface area contributed by atoms with E-state index in [0.29, 0.717) is 6.54 Å². The molecule has 3 N–H and O–H groups in total. The Morgan fingerprint density at radius 3 is 2.65 bits per heavy atom. The van der Waals surface area contributed by atoms with E-state index in [2.05, 4.69) is 53.6 Å². The summed E-state index contributed by atoms with van der Waals surface area (Å²) in [5, 5.41) is 22.0. The van der Waals surface area contributed by atoms with Gasteiger partial charge in [-0.2, -0.15) is 5.10 Å². The molecule has 0 saturated carbocycles. The molecule has 0 spiro atoms. The van der Waals surface area contributed by atoms with Gasteiger partial charge < -0.3 is 10.4 Å². The molecular weight excluding hydrogens is 286 g/mol. The Hall–Kier alpha value is -2.17. The van der Waals surface area contributed by atoms with Gasteiger partial charge in [0.25, 0.3) is 0 Å². The summed E-state index contributed by atoms with van der Waals surface area (Å²) >= 11 is 0. The Balaban J connectivity index is 1.85. The molecule has 0 radical (unpaired) electrons. The summed E-state index contributed by atoms with van der Waals surface area (Å²) in [6, 6.07) is 14.4. The molecule has 0 fully saturated rings. The fourth-order valence-electron chi connectivity index (χ4n) is 2.77. The number of nitrogens with one attached hydrogen (secondary N) is 2. The average Bonchev–Trinajstić information content (AvgIpc) is 2.98. The molecule has 0 aliphatic heterocycles. The molecule has 120 valence electrons. The number of nitrogens with zero attached hydrogens (tertiary/aromatic N) is 1. The van der Waals surface area contributed by atoms with Crippen LogP contribution in [0.1, 0.15) is 29.3 Å². The number of para-hydroxylation sites is 1. The minimum Gasteiger partial charge on any atom is -0.394 e. The van der Waals surface area contributed by atoms with E-state index in [1.807, 2.05) is 25.1 Å². The van der Waals surface area contributed by atoms with Gasteiger partial charge in [0, 0.05) is 11.9 Å². The summed E-state index contributed by atoms with van der Waals surface area (Å²) < 4.78 is 0. The van der Waals surface area contributed by atoms with Crippen molar-refractivity contribution in [1.82, 2.24) is 15.5 Å². The number of H-pyrrole nitrogens is 1. The van der Waals surface area contributed by atoms with Gasteiger partial charge in [-0.05, 0) is 43.5 Å². The van der Waals surface area contributed by atoms with E-state index in [1.54, 1.807) is 0 Å². The van der Waals surface area contributed by atoms with Crippen LogP contribution < -0.4 is 5.32 Å². The molecule has 0 aliphatic rings. The van der Waals surface area contributed by atoms with Crippen LogP contribution in [0.2, 0.25) is 0 Å². The van der Waals surface area contributed by atoms with Gasteiger partial charge in [0.2, 0.25) is 0 Å². The van der Waals surface area contributed by atoms with Crippen LogP contribution in [0, 0.1) is 13.8 Å². The van der Waals surface area contributed by atoms with Gasteiger partial charge in [-0.1, -0.05) is 36.4 Å². The first-order valence-electron chi connectivity index (χ1n) is 7.89. The number of aliphatic hydroxyl groups excluding tert-OH is 1. The van der Waals surface area contributed by atoms with Crippen LogP contribution in [0.25, 0.3) is 10.9 Å². The minimum absolute atomic E-state index is 0.0293. The number of fused-ring (bicyclic) bond motifs is 1. The van der Waals surface area contributed by atoms with Crippen LogP contribution in [0.3, 0.4) is 0 Å². The van der Waals surface area contributed by atoms with Gasteiger partial charge in [-0.25, -0.2) is 0 Å². The Morgan fingerprint density at radius 2 is 1.91 bits per heavy atom. The van der Waals surface area contributed by atoms with Gasteiger partial charge >= 0.3 is 0 Å². The second-order valence-corrected chi connectivity index (χ2v) is 6.36. The molecule has 0 amide bonds. The van der Waals surface area contributed by atoms with Crippen molar-refractivity contribution in [3.8, 4) is 0 Å². The first kappa shape index (κ1) is 15.7. The van der Waals surface area contributed by atoms with Gasteiger partial charge in [0.15, 0.2) is 0 Å². The molecule has 1 atom stereocenters. The summed E-state index contributed by atoms with van der Waals surface area (Å²) in [6.07, 6.45) is 0. The molecule has 1 aromatic heterocycles. The normalized spacial score (nSPS) is 14.1. The molecule has 23 heavy (non-hydrogen) atoms. The lowest BCUT2D eigenvalue weighted by atomic mass is 9.90. The van der Waals surface area contributed by atoms with E-state index < -0.39 is 5.54 Å². The predicted molar refractivity (Wildman–Crippen MR) is 93.3 cm³/mol.